The Morgan fingerprint density at radius 3 is 2.83 bits per heavy atom. The molecular formula is C22H29N7. The molecule has 1 aromatic carbocycles. The maximum absolute atomic E-state index is 4.89. The molecule has 0 spiro atoms. The Bertz CT molecular complexity index is 917. The van der Waals surface area contributed by atoms with E-state index < -0.39 is 0 Å². The molecular weight excluding hydrogens is 362 g/mol. The van der Waals surface area contributed by atoms with Crippen LogP contribution < -0.4 is 10.2 Å². The van der Waals surface area contributed by atoms with Gasteiger partial charge in [0.1, 0.15) is 0 Å². The largest absolute Gasteiger partial charge is 0.378 e. The zero-order chi connectivity index (χ0) is 19.8. The number of benzene rings is 1. The molecule has 0 aliphatic carbocycles. The first-order chi connectivity index (χ1) is 14.2. The molecule has 0 bridgehead atoms. The highest BCUT2D eigenvalue weighted by atomic mass is 15.3. The van der Waals surface area contributed by atoms with Crippen LogP contribution in [-0.2, 0) is 13.0 Å². The molecule has 3 aliphatic heterocycles. The van der Waals surface area contributed by atoms with E-state index in [9.17, 15) is 0 Å². The zero-order valence-electron chi connectivity index (χ0n) is 17.3. The molecule has 3 aliphatic rings. The fourth-order valence-electron chi connectivity index (χ4n) is 4.48. The monoisotopic (exact) mass is 391 g/mol. The minimum Gasteiger partial charge on any atom is -0.378 e. The quantitative estimate of drug-likeness (QED) is 0.867. The van der Waals surface area contributed by atoms with Gasteiger partial charge in [-0.15, -0.1) is 0 Å². The van der Waals surface area contributed by atoms with Crippen molar-refractivity contribution in [2.75, 3.05) is 56.5 Å². The van der Waals surface area contributed by atoms with E-state index in [1.807, 2.05) is 12.4 Å². The number of nitrogens with one attached hydrogen (secondary N) is 1. The molecule has 0 radical (unpaired) electrons. The molecule has 1 unspecified atom stereocenters. The summed E-state index contributed by atoms with van der Waals surface area (Å²) < 4.78 is 0. The van der Waals surface area contributed by atoms with Gasteiger partial charge >= 0.3 is 0 Å². The van der Waals surface area contributed by atoms with E-state index in [0.29, 0.717) is 6.04 Å². The highest BCUT2D eigenvalue weighted by molar-refractivity contribution is 5.80. The smallest absolute Gasteiger partial charge is 0.225 e. The Hall–Kier alpha value is -2.51. The van der Waals surface area contributed by atoms with Crippen LogP contribution in [0.3, 0.4) is 0 Å². The van der Waals surface area contributed by atoms with E-state index in [4.69, 9.17) is 4.98 Å². The molecule has 4 heterocycles. The summed E-state index contributed by atoms with van der Waals surface area (Å²) in [6.45, 7) is 9.11. The molecule has 29 heavy (non-hydrogen) atoms. The third-order valence-electron chi connectivity index (χ3n) is 6.38. The van der Waals surface area contributed by atoms with E-state index in [1.54, 1.807) is 0 Å². The van der Waals surface area contributed by atoms with Gasteiger partial charge in [0.2, 0.25) is 5.95 Å². The van der Waals surface area contributed by atoms with Gasteiger partial charge in [0, 0.05) is 69.7 Å². The second kappa shape index (κ2) is 7.72. The van der Waals surface area contributed by atoms with Crippen molar-refractivity contribution in [1.29, 1.82) is 0 Å². The highest BCUT2D eigenvalue weighted by Crippen LogP contribution is 2.32. The van der Waals surface area contributed by atoms with Crippen molar-refractivity contribution in [3.63, 3.8) is 0 Å². The van der Waals surface area contributed by atoms with Crippen LogP contribution in [0.5, 0.6) is 0 Å². The molecule has 2 aromatic rings. The van der Waals surface area contributed by atoms with Gasteiger partial charge in [-0.3, -0.25) is 9.89 Å². The van der Waals surface area contributed by atoms with Gasteiger partial charge in [-0.05, 0) is 31.7 Å². The topological polar surface area (TPSA) is 59.9 Å². The van der Waals surface area contributed by atoms with Crippen molar-refractivity contribution >= 4 is 23.5 Å². The summed E-state index contributed by atoms with van der Waals surface area (Å²) in [5.74, 6) is 0.898. The van der Waals surface area contributed by atoms with Crippen molar-refractivity contribution < 1.29 is 0 Å². The van der Waals surface area contributed by atoms with Crippen LogP contribution in [0.1, 0.15) is 29.8 Å². The number of piperazine rings is 1. The highest BCUT2D eigenvalue weighted by Gasteiger charge is 2.25. The summed E-state index contributed by atoms with van der Waals surface area (Å²) in [7, 11) is 2.16. The van der Waals surface area contributed by atoms with Crippen LogP contribution in [0.25, 0.3) is 0 Å². The predicted molar refractivity (Wildman–Crippen MR) is 117 cm³/mol. The van der Waals surface area contributed by atoms with E-state index in [0.717, 1.165) is 69.6 Å². The lowest BCUT2D eigenvalue weighted by Crippen LogP contribution is -2.47. The number of rotatable bonds is 3. The Labute approximate surface area is 172 Å². The van der Waals surface area contributed by atoms with E-state index in [-0.39, 0.29) is 0 Å². The Kier molecular flexibility index (Phi) is 4.93. The van der Waals surface area contributed by atoms with Crippen LogP contribution in [0.4, 0.5) is 17.3 Å². The average Bonchev–Trinajstić information content (AvgIpc) is 2.78. The second-order valence-electron chi connectivity index (χ2n) is 8.30. The van der Waals surface area contributed by atoms with Crippen molar-refractivity contribution in [2.45, 2.75) is 25.9 Å². The summed E-state index contributed by atoms with van der Waals surface area (Å²) >= 11 is 0. The van der Waals surface area contributed by atoms with Gasteiger partial charge in [-0.1, -0.05) is 6.07 Å². The molecule has 1 N–H and O–H groups in total. The fraction of sp³-hybridized carbons (Fsp3) is 0.500. The Balaban J connectivity index is 1.24. The number of aliphatic imine (C=N–C) groups is 1. The Morgan fingerprint density at radius 1 is 1.10 bits per heavy atom. The summed E-state index contributed by atoms with van der Waals surface area (Å²) in [4.78, 5) is 21.3. The molecule has 1 aromatic heterocycles. The van der Waals surface area contributed by atoms with E-state index in [2.05, 4.69) is 62.2 Å². The molecule has 1 saturated heterocycles. The second-order valence-corrected chi connectivity index (χ2v) is 8.30. The first-order valence-electron chi connectivity index (χ1n) is 10.6. The van der Waals surface area contributed by atoms with E-state index in [1.165, 1.54) is 16.8 Å². The lowest BCUT2D eigenvalue weighted by molar-refractivity contribution is 0.197. The van der Waals surface area contributed by atoms with Crippen molar-refractivity contribution in [3.05, 3.63) is 41.2 Å². The van der Waals surface area contributed by atoms with E-state index >= 15 is 0 Å². The summed E-state index contributed by atoms with van der Waals surface area (Å²) in [6, 6.07) is 6.98. The van der Waals surface area contributed by atoms with Crippen LogP contribution in [0.2, 0.25) is 0 Å². The van der Waals surface area contributed by atoms with Crippen molar-refractivity contribution in [3.8, 4) is 0 Å². The molecule has 0 saturated carbocycles. The van der Waals surface area contributed by atoms with Crippen LogP contribution in [0, 0.1) is 0 Å². The van der Waals surface area contributed by atoms with Gasteiger partial charge in [0.05, 0.1) is 23.6 Å². The third kappa shape index (κ3) is 3.72. The fourth-order valence-corrected chi connectivity index (χ4v) is 4.48. The molecule has 0 amide bonds. The van der Waals surface area contributed by atoms with Gasteiger partial charge in [0.15, 0.2) is 0 Å². The molecule has 5 rings (SSSR count). The lowest BCUT2D eigenvalue weighted by Gasteiger charge is -2.38. The number of nitrogens with zero attached hydrogens (tertiary/aromatic N) is 6. The number of hydrogen-bond donors (Lipinski definition) is 1. The maximum Gasteiger partial charge on any atom is 0.225 e. The van der Waals surface area contributed by atoms with Gasteiger partial charge in [-0.25, -0.2) is 9.97 Å². The standard InChI is InChI=1S/C22H29N7/c1-16(17-3-4-20-21(13-17)24-7-6-23-20)28-9-11-29(12-10-28)22-25-14-18-15-27(2)8-5-19(18)26-22/h3-4,7,13-14,16,23H,5-6,8-12,15H2,1-2H3. The van der Waals surface area contributed by atoms with Crippen LogP contribution in [-0.4, -0.2) is 72.3 Å². The third-order valence-corrected chi connectivity index (χ3v) is 6.38. The van der Waals surface area contributed by atoms with Crippen molar-refractivity contribution in [2.24, 2.45) is 4.99 Å². The average molecular weight is 392 g/mol. The normalized spacial score (nSPS) is 20.7. The van der Waals surface area contributed by atoms with Gasteiger partial charge in [-0.2, -0.15) is 0 Å². The first-order valence-corrected chi connectivity index (χ1v) is 10.6. The SMILES string of the molecule is CC(c1ccc2c(c1)N=CCN2)N1CCN(c2ncc3c(n2)CCN(C)C3)CC1. The number of anilines is 2. The number of hydrogen-bond acceptors (Lipinski definition) is 7. The predicted octanol–water partition coefficient (Wildman–Crippen LogP) is 2.48. The van der Waals surface area contributed by atoms with Crippen LogP contribution in [0.15, 0.2) is 29.4 Å². The minimum atomic E-state index is 0.375. The summed E-state index contributed by atoms with van der Waals surface area (Å²) in [5, 5.41) is 3.37. The number of fused-ring (bicyclic) bond motifs is 2. The molecule has 152 valence electrons. The van der Waals surface area contributed by atoms with Crippen LogP contribution >= 0.6 is 0 Å². The molecule has 1 atom stereocenters. The maximum atomic E-state index is 4.89. The summed E-state index contributed by atoms with van der Waals surface area (Å²) in [6.07, 6.45) is 4.99. The van der Waals surface area contributed by atoms with Crippen molar-refractivity contribution in [1.82, 2.24) is 19.8 Å². The molecule has 7 nitrogen and oxygen atoms in total. The molecule has 7 heteroatoms. The zero-order valence-corrected chi connectivity index (χ0v) is 17.3. The van der Waals surface area contributed by atoms with Gasteiger partial charge in [0.25, 0.3) is 0 Å². The first kappa shape index (κ1) is 18.5. The summed E-state index contributed by atoms with van der Waals surface area (Å²) in [5.41, 5.74) is 6.01. The number of aromatic nitrogens is 2. The number of likely N-dealkylation sites (N-methyl/N-ethyl adjacent to an activating group) is 1. The lowest BCUT2D eigenvalue weighted by atomic mass is 10.0. The van der Waals surface area contributed by atoms with Gasteiger partial charge < -0.3 is 15.1 Å². The Morgan fingerprint density at radius 2 is 1.97 bits per heavy atom. The molecule has 1 fully saturated rings. The minimum absolute atomic E-state index is 0.375.